The summed E-state index contributed by atoms with van der Waals surface area (Å²) >= 11 is 0. The van der Waals surface area contributed by atoms with E-state index in [0.29, 0.717) is 0 Å². The van der Waals surface area contributed by atoms with Crippen LogP contribution in [0.3, 0.4) is 0 Å². The van der Waals surface area contributed by atoms with Gasteiger partial charge in [-0.15, -0.1) is 0 Å². The quantitative estimate of drug-likeness (QED) is 0.371. The molecule has 0 fully saturated rings. The Hall–Kier alpha value is -3.96. The number of nitrogens with two attached hydrogens (primary N) is 1. The smallest absolute Gasteiger partial charge is 0.433 e. The Morgan fingerprint density at radius 2 is 1.96 bits per heavy atom. The van der Waals surface area contributed by atoms with Crippen molar-refractivity contribution in [1.29, 1.82) is 0 Å². The van der Waals surface area contributed by atoms with Crippen molar-refractivity contribution in [3.8, 4) is 0 Å². The lowest BCUT2D eigenvalue weighted by atomic mass is 10.2. The number of carbonyl (C=O) groups is 2. The van der Waals surface area contributed by atoms with E-state index in [4.69, 9.17) is 24.0 Å². The molecule has 0 radical (unpaired) electrons. The Morgan fingerprint density at radius 3 is 2.61 bits per heavy atom. The van der Waals surface area contributed by atoms with Crippen LogP contribution < -0.4 is 5.73 Å². The Labute approximate surface area is 156 Å². The minimum atomic E-state index is -0.946. The number of nitrogen functional groups attached to an aromatic ring is 1. The first-order valence-electron chi connectivity index (χ1n) is 7.95. The first-order chi connectivity index (χ1) is 13.3. The summed E-state index contributed by atoms with van der Waals surface area (Å²) in [4.78, 5) is 41.9. The molecule has 0 amide bonds. The number of fused-ring (bicyclic) bond motifs is 1. The number of nitro groups is 1. The van der Waals surface area contributed by atoms with Crippen LogP contribution >= 0.6 is 0 Å². The summed E-state index contributed by atoms with van der Waals surface area (Å²) < 4.78 is 20.1. The van der Waals surface area contributed by atoms with E-state index in [1.54, 1.807) is 13.8 Å². The lowest BCUT2D eigenvalue weighted by Gasteiger charge is -2.04. The highest BCUT2D eigenvalue weighted by atomic mass is 16.7. The Balaban J connectivity index is 1.81. The summed E-state index contributed by atoms with van der Waals surface area (Å²) in [6.07, 6.45) is 0. The zero-order valence-corrected chi connectivity index (χ0v) is 14.8. The second-order valence-electron chi connectivity index (χ2n) is 5.43. The molecule has 12 heteroatoms. The number of anilines is 1. The Bertz CT molecular complexity index is 1080. The topological polar surface area (TPSA) is 174 Å². The zero-order valence-electron chi connectivity index (χ0n) is 14.8. The molecular formula is C16H14N4O8. The molecule has 0 atom stereocenters. The van der Waals surface area contributed by atoms with Crippen molar-refractivity contribution < 1.29 is 32.8 Å². The first kappa shape index (κ1) is 18.8. The first-order valence-corrected chi connectivity index (χ1v) is 7.95. The predicted octanol–water partition coefficient (Wildman–Crippen LogP) is 2.15. The molecular weight excluding hydrogens is 376 g/mol. The fourth-order valence-corrected chi connectivity index (χ4v) is 2.43. The van der Waals surface area contributed by atoms with Crippen molar-refractivity contribution in [2.24, 2.45) is 0 Å². The SMILES string of the molecule is CCOC(=O)c1c(C)oc2nc(COC(=O)c3ccc([N+](=O)[O-])o3)nc(N)c12. The van der Waals surface area contributed by atoms with E-state index in [-0.39, 0.29) is 46.4 Å². The van der Waals surface area contributed by atoms with Gasteiger partial charge in [0.1, 0.15) is 22.1 Å². The third-order valence-corrected chi connectivity index (χ3v) is 3.59. The standard InChI is InChI=1S/C16H14N4O8/c1-3-25-16(22)11-7(2)27-14-12(11)13(17)18-9(19-14)6-26-15(21)8-4-5-10(28-8)20(23)24/h4-5H,3,6H2,1-2H3,(H2,17,18,19). The van der Waals surface area contributed by atoms with E-state index in [1.807, 2.05) is 0 Å². The Kier molecular flexibility index (Phi) is 4.94. The minimum Gasteiger partial charge on any atom is -0.462 e. The number of rotatable bonds is 6. The summed E-state index contributed by atoms with van der Waals surface area (Å²) in [5.74, 6) is -2.30. The number of furan rings is 2. The van der Waals surface area contributed by atoms with Gasteiger partial charge in [-0.05, 0) is 19.9 Å². The van der Waals surface area contributed by atoms with Gasteiger partial charge in [0.2, 0.25) is 11.5 Å². The second kappa shape index (κ2) is 7.34. The average Bonchev–Trinajstić information content (AvgIpc) is 3.24. The largest absolute Gasteiger partial charge is 0.462 e. The fraction of sp³-hybridized carbons (Fsp3) is 0.250. The maximum Gasteiger partial charge on any atom is 0.433 e. The molecule has 0 spiro atoms. The van der Waals surface area contributed by atoms with Crippen LogP contribution in [-0.4, -0.2) is 33.4 Å². The van der Waals surface area contributed by atoms with Gasteiger partial charge < -0.3 is 24.0 Å². The average molecular weight is 390 g/mol. The molecule has 2 N–H and O–H groups in total. The highest BCUT2D eigenvalue weighted by Gasteiger charge is 2.24. The molecule has 0 aromatic carbocycles. The summed E-state index contributed by atoms with van der Waals surface area (Å²) in [5.41, 5.74) is 6.07. The molecule has 3 heterocycles. The van der Waals surface area contributed by atoms with Crippen LogP contribution in [-0.2, 0) is 16.1 Å². The van der Waals surface area contributed by atoms with Crippen molar-refractivity contribution in [1.82, 2.24) is 9.97 Å². The highest BCUT2D eigenvalue weighted by molar-refractivity contribution is 6.07. The molecule has 3 rings (SSSR count). The number of nitrogens with zero attached hydrogens (tertiary/aromatic N) is 3. The zero-order chi connectivity index (χ0) is 20.4. The summed E-state index contributed by atoms with van der Waals surface area (Å²) in [6, 6.07) is 2.14. The lowest BCUT2D eigenvalue weighted by molar-refractivity contribution is -0.402. The van der Waals surface area contributed by atoms with Crippen LogP contribution in [0.5, 0.6) is 0 Å². The van der Waals surface area contributed by atoms with E-state index in [1.165, 1.54) is 0 Å². The Morgan fingerprint density at radius 1 is 1.21 bits per heavy atom. The fourth-order valence-electron chi connectivity index (χ4n) is 2.43. The van der Waals surface area contributed by atoms with Crippen molar-refractivity contribution in [3.05, 3.63) is 45.2 Å². The van der Waals surface area contributed by atoms with Crippen molar-refractivity contribution in [2.45, 2.75) is 20.5 Å². The van der Waals surface area contributed by atoms with Crippen LogP contribution in [0.2, 0.25) is 0 Å². The molecule has 28 heavy (non-hydrogen) atoms. The molecule has 0 saturated heterocycles. The van der Waals surface area contributed by atoms with Crippen molar-refractivity contribution >= 4 is 34.7 Å². The third kappa shape index (κ3) is 3.47. The van der Waals surface area contributed by atoms with E-state index in [2.05, 4.69) is 9.97 Å². The van der Waals surface area contributed by atoms with E-state index in [9.17, 15) is 19.7 Å². The number of hydrogen-bond donors (Lipinski definition) is 1. The lowest BCUT2D eigenvalue weighted by Crippen LogP contribution is -2.09. The second-order valence-corrected chi connectivity index (χ2v) is 5.43. The molecule has 0 saturated carbocycles. The van der Waals surface area contributed by atoms with Gasteiger partial charge in [-0.2, -0.15) is 4.98 Å². The van der Waals surface area contributed by atoms with Gasteiger partial charge in [-0.1, -0.05) is 0 Å². The summed E-state index contributed by atoms with van der Waals surface area (Å²) in [7, 11) is 0. The molecule has 0 aliphatic heterocycles. The van der Waals surface area contributed by atoms with E-state index >= 15 is 0 Å². The van der Waals surface area contributed by atoms with Gasteiger partial charge in [0.05, 0.1) is 18.1 Å². The van der Waals surface area contributed by atoms with Crippen LogP contribution in [0, 0.1) is 17.0 Å². The maximum absolute atomic E-state index is 12.1. The molecule has 0 unspecified atom stereocenters. The number of esters is 2. The predicted molar refractivity (Wildman–Crippen MR) is 91.4 cm³/mol. The van der Waals surface area contributed by atoms with Gasteiger partial charge in [-0.3, -0.25) is 10.1 Å². The van der Waals surface area contributed by atoms with Crippen molar-refractivity contribution in [3.63, 3.8) is 0 Å². The normalized spacial score (nSPS) is 10.8. The van der Waals surface area contributed by atoms with Gasteiger partial charge >= 0.3 is 17.8 Å². The number of aromatic nitrogens is 2. The molecule has 3 aromatic rings. The van der Waals surface area contributed by atoms with Crippen LogP contribution in [0.25, 0.3) is 11.1 Å². The van der Waals surface area contributed by atoms with Gasteiger partial charge in [0.25, 0.3) is 0 Å². The monoisotopic (exact) mass is 390 g/mol. The van der Waals surface area contributed by atoms with Gasteiger partial charge in [0, 0.05) is 0 Å². The van der Waals surface area contributed by atoms with E-state index in [0.717, 1.165) is 12.1 Å². The molecule has 12 nitrogen and oxygen atoms in total. The van der Waals surface area contributed by atoms with Crippen LogP contribution in [0.4, 0.5) is 11.7 Å². The molecule has 0 bridgehead atoms. The molecule has 146 valence electrons. The number of carbonyl (C=O) groups excluding carboxylic acids is 2. The molecule has 0 aliphatic rings. The number of hydrogen-bond acceptors (Lipinski definition) is 11. The summed E-state index contributed by atoms with van der Waals surface area (Å²) in [6.45, 7) is 2.99. The van der Waals surface area contributed by atoms with E-state index < -0.39 is 29.4 Å². The van der Waals surface area contributed by atoms with Crippen LogP contribution in [0.1, 0.15) is 39.4 Å². The van der Waals surface area contributed by atoms with Gasteiger partial charge in [0.15, 0.2) is 12.4 Å². The summed E-state index contributed by atoms with van der Waals surface area (Å²) in [5, 5.41) is 10.8. The third-order valence-electron chi connectivity index (χ3n) is 3.59. The highest BCUT2D eigenvalue weighted by Crippen LogP contribution is 2.29. The van der Waals surface area contributed by atoms with Crippen molar-refractivity contribution in [2.75, 3.05) is 12.3 Å². The van der Waals surface area contributed by atoms with Gasteiger partial charge in [-0.25, -0.2) is 14.6 Å². The molecule has 3 aromatic heterocycles. The molecule has 0 aliphatic carbocycles. The maximum atomic E-state index is 12.1. The van der Waals surface area contributed by atoms with Crippen LogP contribution in [0.15, 0.2) is 21.0 Å². The number of ether oxygens (including phenoxy) is 2. The number of aryl methyl sites for hydroxylation is 1. The minimum absolute atomic E-state index is 0.00330.